The molecule has 0 aliphatic rings. The van der Waals surface area contributed by atoms with E-state index in [1.54, 1.807) is 0 Å². The molecule has 5 heavy (non-hydrogen) atoms. The van der Waals surface area contributed by atoms with E-state index in [2.05, 4.69) is 2.30 Å². The van der Waals surface area contributed by atoms with Gasteiger partial charge in [0, 0.05) is 0 Å². The standard InChI is InChI=1S/Hf.H2O3S/c;1-4(2)3/h;(H2,1,2,3)/q+1;/p-1. The van der Waals surface area contributed by atoms with Gasteiger partial charge in [0.25, 0.3) is 0 Å². The van der Waals surface area contributed by atoms with E-state index in [9.17, 15) is 4.21 Å². The first-order chi connectivity index (χ1) is 2.27. The maximum absolute atomic E-state index is 9.29. The Labute approximate surface area is 47.4 Å². The summed E-state index contributed by atoms with van der Waals surface area (Å²) in [7, 11) is 0. The van der Waals surface area contributed by atoms with Gasteiger partial charge < -0.3 is 0 Å². The molecule has 0 spiro atoms. The second-order valence-corrected chi connectivity index (χ2v) is 2.70. The summed E-state index contributed by atoms with van der Waals surface area (Å²) in [6.07, 6.45) is 0. The van der Waals surface area contributed by atoms with Crippen molar-refractivity contribution in [2.24, 2.45) is 0 Å². The average Bonchev–Trinajstić information content (AvgIpc) is 1.38. The summed E-state index contributed by atoms with van der Waals surface area (Å²) >= 11 is -1.69. The monoisotopic (exact) mass is 261 g/mol. The van der Waals surface area contributed by atoms with Gasteiger partial charge in [0.2, 0.25) is 0 Å². The van der Waals surface area contributed by atoms with Gasteiger partial charge in [-0.1, -0.05) is 0 Å². The Bertz CT molecular complexity index is 42.2. The fourth-order valence-corrected chi connectivity index (χ4v) is 0. The third-order valence-electron chi connectivity index (χ3n) is 0.0713. The van der Waals surface area contributed by atoms with Crippen LogP contribution in [0.1, 0.15) is 0 Å². The van der Waals surface area contributed by atoms with Crippen molar-refractivity contribution in [2.45, 2.75) is 0 Å². The van der Waals surface area contributed by atoms with Crippen molar-refractivity contribution < 1.29 is 35.9 Å². The first kappa shape index (κ1) is 5.94. The Kier molecular flexibility index (Phi) is 3.73. The summed E-state index contributed by atoms with van der Waals surface area (Å²) in [5, 5.41) is 0. The van der Waals surface area contributed by atoms with Gasteiger partial charge in [0.15, 0.2) is 0 Å². The van der Waals surface area contributed by atoms with Crippen molar-refractivity contribution in [3.05, 3.63) is 0 Å². The van der Waals surface area contributed by atoms with Gasteiger partial charge in [-0.2, -0.15) is 0 Å². The van der Waals surface area contributed by atoms with E-state index < -0.39 is 11.4 Å². The molecule has 0 aliphatic carbocycles. The zero-order valence-corrected chi connectivity index (χ0v) is 6.58. The van der Waals surface area contributed by atoms with Crippen LogP contribution in [-0.4, -0.2) is 8.76 Å². The minimum atomic E-state index is -2.01. The van der Waals surface area contributed by atoms with Crippen molar-refractivity contribution in [3.63, 3.8) is 0 Å². The van der Waals surface area contributed by atoms with Crippen LogP contribution in [0.2, 0.25) is 0 Å². The summed E-state index contributed by atoms with van der Waals surface area (Å²) in [5.41, 5.74) is 0. The Balaban J connectivity index is 2.85. The maximum atomic E-state index is 9.29. The van der Waals surface area contributed by atoms with Gasteiger partial charge in [-0.05, 0) is 0 Å². The number of hydrogen-bond donors (Lipinski definition) is 1. The summed E-state index contributed by atoms with van der Waals surface area (Å²) in [6, 6.07) is 0. The molecule has 0 aromatic heterocycles. The SMILES string of the molecule is O=S(O)[O][Hf]. The molecule has 0 amide bonds. The van der Waals surface area contributed by atoms with Gasteiger partial charge in [-0.3, -0.25) is 0 Å². The Morgan fingerprint density at radius 2 is 2.20 bits per heavy atom. The Hall–Kier alpha value is 0.940. The van der Waals surface area contributed by atoms with Crippen LogP contribution >= 0.6 is 0 Å². The third-order valence-corrected chi connectivity index (χ3v) is 1.75. The fourth-order valence-electron chi connectivity index (χ4n) is 0. The Morgan fingerprint density at radius 3 is 2.20 bits per heavy atom. The van der Waals surface area contributed by atoms with Crippen LogP contribution in [-0.2, 0) is 38.5 Å². The molecule has 0 fully saturated rings. The molecule has 0 saturated carbocycles. The number of hydrogen-bond acceptors (Lipinski definition) is 2. The molecule has 1 atom stereocenters. The molecule has 0 bridgehead atoms. The molecule has 3 nitrogen and oxygen atoms in total. The molecule has 0 saturated heterocycles. The molecular weight excluding hydrogens is 259 g/mol. The van der Waals surface area contributed by atoms with Gasteiger partial charge in [0.1, 0.15) is 0 Å². The molecule has 29 valence electrons. The molecule has 0 aromatic carbocycles. The van der Waals surface area contributed by atoms with Gasteiger partial charge in [0.05, 0.1) is 0 Å². The zero-order chi connectivity index (χ0) is 4.28. The van der Waals surface area contributed by atoms with E-state index in [-0.39, 0.29) is 0 Å². The molecule has 1 unspecified atom stereocenters. The molecule has 0 rings (SSSR count). The van der Waals surface area contributed by atoms with Crippen LogP contribution in [0.15, 0.2) is 0 Å². The third kappa shape index (κ3) is 4.94. The minimum absolute atomic E-state index is 0.323. The molecule has 1 N–H and O–H groups in total. The Morgan fingerprint density at radius 1 is 2.00 bits per heavy atom. The summed E-state index contributed by atoms with van der Waals surface area (Å²) in [6.45, 7) is 0. The summed E-state index contributed by atoms with van der Waals surface area (Å²) in [4.78, 5) is 0. The van der Waals surface area contributed by atoms with Crippen LogP contribution in [0.25, 0.3) is 0 Å². The second kappa shape index (κ2) is 3.14. The van der Waals surface area contributed by atoms with Crippen LogP contribution in [0.4, 0.5) is 0 Å². The molecule has 5 heteroatoms. The second-order valence-electron chi connectivity index (χ2n) is 0.300. The van der Waals surface area contributed by atoms with Gasteiger partial charge in [-0.15, -0.1) is 0 Å². The van der Waals surface area contributed by atoms with Crippen molar-refractivity contribution in [1.29, 1.82) is 0 Å². The van der Waals surface area contributed by atoms with Crippen LogP contribution in [0, 0.1) is 0 Å². The molecule has 0 heterocycles. The van der Waals surface area contributed by atoms with E-state index in [4.69, 9.17) is 4.55 Å². The molecule has 0 aliphatic heterocycles. The zero-order valence-electron chi connectivity index (χ0n) is 2.17. The van der Waals surface area contributed by atoms with E-state index in [1.807, 2.05) is 0 Å². The van der Waals surface area contributed by atoms with Crippen LogP contribution < -0.4 is 0 Å². The topological polar surface area (TPSA) is 46.5 Å². The van der Waals surface area contributed by atoms with Crippen LogP contribution in [0.5, 0.6) is 0 Å². The molecular formula is HHfO3S. The van der Waals surface area contributed by atoms with E-state index >= 15 is 0 Å². The fraction of sp³-hybridized carbons (Fsp3) is 0. The van der Waals surface area contributed by atoms with Crippen molar-refractivity contribution in [1.82, 2.24) is 0 Å². The number of rotatable bonds is 1. The summed E-state index contributed by atoms with van der Waals surface area (Å²) < 4.78 is 20.9. The predicted octanol–water partition coefficient (Wildman–Crippen LogP) is -0.398. The van der Waals surface area contributed by atoms with Gasteiger partial charge in [-0.25, -0.2) is 0 Å². The first-order valence-corrected chi connectivity index (χ1v) is 3.22. The van der Waals surface area contributed by atoms with E-state index in [1.165, 1.54) is 0 Å². The van der Waals surface area contributed by atoms with E-state index in [0.29, 0.717) is 24.8 Å². The quantitative estimate of drug-likeness (QED) is 0.515. The normalized spacial score (nSPS) is 14.4. The average molecular weight is 260 g/mol. The van der Waals surface area contributed by atoms with E-state index in [0.717, 1.165) is 0 Å². The first-order valence-electron chi connectivity index (χ1n) is 0.720. The molecule has 0 radical (unpaired) electrons. The van der Waals surface area contributed by atoms with Gasteiger partial charge >= 0.3 is 47.2 Å². The van der Waals surface area contributed by atoms with Crippen molar-refractivity contribution in [2.75, 3.05) is 0 Å². The molecule has 0 aromatic rings. The summed E-state index contributed by atoms with van der Waals surface area (Å²) in [5.74, 6) is 0. The van der Waals surface area contributed by atoms with Crippen LogP contribution in [0.3, 0.4) is 0 Å². The predicted molar refractivity (Wildman–Crippen MR) is 11.9 cm³/mol. The van der Waals surface area contributed by atoms with Crippen molar-refractivity contribution in [3.8, 4) is 0 Å². The van der Waals surface area contributed by atoms with Crippen molar-refractivity contribution >= 4 is 11.4 Å².